The van der Waals surface area contributed by atoms with E-state index in [1.165, 1.54) is 18.2 Å². The fraction of sp³-hybridized carbons (Fsp3) is 0.176. The van der Waals surface area contributed by atoms with Crippen molar-refractivity contribution in [3.05, 3.63) is 69.0 Å². The first-order chi connectivity index (χ1) is 11.9. The highest BCUT2D eigenvalue weighted by Gasteiger charge is 2.28. The molecule has 2 N–H and O–H groups in total. The topological polar surface area (TPSA) is 104 Å². The van der Waals surface area contributed by atoms with Crippen LogP contribution in [0.2, 0.25) is 5.02 Å². The summed E-state index contributed by atoms with van der Waals surface area (Å²) in [4.78, 5) is 27.9. The molecule has 128 valence electrons. The lowest BCUT2D eigenvalue weighted by Gasteiger charge is -2.14. The maximum atomic E-state index is 13.0. The van der Waals surface area contributed by atoms with Gasteiger partial charge in [0.25, 0.3) is 5.69 Å². The average molecular weight is 359 g/mol. The molecule has 0 saturated carbocycles. The first kappa shape index (κ1) is 17.1. The van der Waals surface area contributed by atoms with E-state index in [2.05, 4.69) is 4.98 Å². The van der Waals surface area contributed by atoms with E-state index in [1.54, 1.807) is 11.6 Å². The maximum absolute atomic E-state index is 13.0. The number of fused-ring (bicyclic) bond motifs is 1. The number of hydrogen-bond acceptors (Lipinski definition) is 5. The summed E-state index contributed by atoms with van der Waals surface area (Å²) in [7, 11) is 1.80. The first-order valence-corrected chi connectivity index (χ1v) is 7.91. The quantitative estimate of drug-likeness (QED) is 0.429. The minimum Gasteiger partial charge on any atom is -0.330 e. The number of non-ortho nitro benzene ring substituents is 1. The van der Waals surface area contributed by atoms with Crippen molar-refractivity contribution in [1.29, 1.82) is 0 Å². The minimum absolute atomic E-state index is 0.00894. The Morgan fingerprint density at radius 3 is 2.72 bits per heavy atom. The van der Waals surface area contributed by atoms with Crippen LogP contribution in [0.25, 0.3) is 11.0 Å². The highest BCUT2D eigenvalue weighted by molar-refractivity contribution is 6.34. The largest absolute Gasteiger partial charge is 0.330 e. The lowest BCUT2D eigenvalue weighted by atomic mass is 9.96. The molecule has 2 aromatic carbocycles. The van der Waals surface area contributed by atoms with Crippen molar-refractivity contribution in [1.82, 2.24) is 9.55 Å². The van der Waals surface area contributed by atoms with E-state index in [1.807, 2.05) is 24.3 Å². The minimum atomic E-state index is -0.753. The van der Waals surface area contributed by atoms with Gasteiger partial charge in [0.05, 0.1) is 26.9 Å². The molecule has 0 amide bonds. The Labute approximate surface area is 148 Å². The number of ketones is 1. The Hall–Kier alpha value is -2.77. The highest BCUT2D eigenvalue weighted by Crippen LogP contribution is 2.29. The monoisotopic (exact) mass is 358 g/mol. The average Bonchev–Trinajstić information content (AvgIpc) is 2.93. The van der Waals surface area contributed by atoms with Crippen molar-refractivity contribution >= 4 is 34.1 Å². The number of nitrogens with zero attached hydrogens (tertiary/aromatic N) is 3. The third kappa shape index (κ3) is 2.99. The molecule has 0 aliphatic carbocycles. The number of imidazole rings is 1. The molecule has 3 rings (SSSR count). The van der Waals surface area contributed by atoms with Crippen molar-refractivity contribution in [3.63, 3.8) is 0 Å². The molecule has 1 aromatic heterocycles. The van der Waals surface area contributed by atoms with Crippen LogP contribution in [0.3, 0.4) is 0 Å². The number of nitro benzene ring substituents is 1. The molecule has 1 unspecified atom stereocenters. The van der Waals surface area contributed by atoms with Gasteiger partial charge in [0.1, 0.15) is 5.82 Å². The fourth-order valence-electron chi connectivity index (χ4n) is 2.81. The van der Waals surface area contributed by atoms with E-state index in [4.69, 9.17) is 17.3 Å². The molecule has 0 bridgehead atoms. The van der Waals surface area contributed by atoms with E-state index in [-0.39, 0.29) is 22.8 Å². The second-order valence-electron chi connectivity index (χ2n) is 5.59. The molecule has 1 atom stereocenters. The number of aromatic nitrogens is 2. The molecule has 3 aromatic rings. The van der Waals surface area contributed by atoms with Gasteiger partial charge in [0, 0.05) is 31.3 Å². The Morgan fingerprint density at radius 2 is 2.08 bits per heavy atom. The number of nitro groups is 1. The predicted molar refractivity (Wildman–Crippen MR) is 94.9 cm³/mol. The van der Waals surface area contributed by atoms with Gasteiger partial charge in [-0.3, -0.25) is 14.9 Å². The smallest absolute Gasteiger partial charge is 0.270 e. The molecule has 7 nitrogen and oxygen atoms in total. The summed E-state index contributed by atoms with van der Waals surface area (Å²) in [5.41, 5.74) is 7.31. The SMILES string of the molecule is Cn1c(C(CN)C(=O)c2cc([N+](=O)[O-])ccc2Cl)nc2ccccc21. The van der Waals surface area contributed by atoms with Crippen LogP contribution in [0.4, 0.5) is 5.69 Å². The highest BCUT2D eigenvalue weighted by atomic mass is 35.5. The van der Waals surface area contributed by atoms with Gasteiger partial charge in [-0.25, -0.2) is 4.98 Å². The number of halogens is 1. The normalized spacial score (nSPS) is 12.3. The van der Waals surface area contributed by atoms with Gasteiger partial charge in [0.15, 0.2) is 5.78 Å². The third-order valence-electron chi connectivity index (χ3n) is 4.11. The number of rotatable bonds is 5. The van der Waals surface area contributed by atoms with Gasteiger partial charge in [-0.2, -0.15) is 0 Å². The molecular weight excluding hydrogens is 344 g/mol. The van der Waals surface area contributed by atoms with Crippen LogP contribution >= 0.6 is 11.6 Å². The molecule has 0 aliphatic heterocycles. The summed E-state index contributed by atoms with van der Waals surface area (Å²) in [5, 5.41) is 11.1. The lowest BCUT2D eigenvalue weighted by molar-refractivity contribution is -0.384. The van der Waals surface area contributed by atoms with Gasteiger partial charge >= 0.3 is 0 Å². The van der Waals surface area contributed by atoms with Crippen molar-refractivity contribution in [2.75, 3.05) is 6.54 Å². The second kappa shape index (κ2) is 6.62. The molecule has 0 radical (unpaired) electrons. The Bertz CT molecular complexity index is 983. The molecule has 0 aliphatic rings. The first-order valence-electron chi connectivity index (χ1n) is 7.53. The number of nitrogens with two attached hydrogens (primary N) is 1. The number of para-hydroxylation sites is 2. The number of benzene rings is 2. The molecule has 1 heterocycles. The summed E-state index contributed by atoms with van der Waals surface area (Å²) >= 11 is 6.09. The van der Waals surface area contributed by atoms with Crippen LogP contribution in [-0.4, -0.2) is 26.8 Å². The van der Waals surface area contributed by atoms with Gasteiger partial charge in [0.2, 0.25) is 0 Å². The molecule has 0 fully saturated rings. The van der Waals surface area contributed by atoms with Crippen LogP contribution in [0.15, 0.2) is 42.5 Å². The molecule has 0 saturated heterocycles. The van der Waals surface area contributed by atoms with E-state index in [9.17, 15) is 14.9 Å². The molecule has 25 heavy (non-hydrogen) atoms. The van der Waals surface area contributed by atoms with Crippen molar-refractivity contribution < 1.29 is 9.72 Å². The zero-order chi connectivity index (χ0) is 18.1. The third-order valence-corrected chi connectivity index (χ3v) is 4.44. The van der Waals surface area contributed by atoms with Gasteiger partial charge in [-0.05, 0) is 18.2 Å². The Balaban J connectivity index is 2.09. The summed E-state index contributed by atoms with van der Waals surface area (Å²) in [6.45, 7) is 0.00894. The summed E-state index contributed by atoms with van der Waals surface area (Å²) in [5.74, 6) is -0.650. The zero-order valence-electron chi connectivity index (χ0n) is 13.3. The standard InChI is InChI=1S/C17H15ClN4O3/c1-21-15-5-3-2-4-14(15)20-17(21)12(9-19)16(23)11-8-10(22(24)25)6-7-13(11)18/h2-8,12H,9,19H2,1H3. The number of hydrogen-bond donors (Lipinski definition) is 1. The maximum Gasteiger partial charge on any atom is 0.270 e. The van der Waals surface area contributed by atoms with Crippen LogP contribution in [0, 0.1) is 10.1 Å². The van der Waals surface area contributed by atoms with E-state index in [0.29, 0.717) is 5.82 Å². The zero-order valence-corrected chi connectivity index (χ0v) is 14.1. The lowest BCUT2D eigenvalue weighted by Crippen LogP contribution is -2.25. The summed E-state index contributed by atoms with van der Waals surface area (Å²) in [6, 6.07) is 11.2. The van der Waals surface area contributed by atoms with E-state index in [0.717, 1.165) is 11.0 Å². The van der Waals surface area contributed by atoms with Crippen LogP contribution < -0.4 is 5.73 Å². The number of aryl methyl sites for hydroxylation is 1. The van der Waals surface area contributed by atoms with E-state index >= 15 is 0 Å². The Morgan fingerprint density at radius 1 is 1.36 bits per heavy atom. The predicted octanol–water partition coefficient (Wildman–Crippen LogP) is 3.06. The fourth-order valence-corrected chi connectivity index (χ4v) is 3.02. The van der Waals surface area contributed by atoms with Crippen molar-refractivity contribution in [2.24, 2.45) is 12.8 Å². The molecule has 0 spiro atoms. The van der Waals surface area contributed by atoms with Crippen LogP contribution in [0.5, 0.6) is 0 Å². The number of carbonyl (C=O) groups excluding carboxylic acids is 1. The summed E-state index contributed by atoms with van der Waals surface area (Å²) < 4.78 is 1.80. The molecule has 8 heteroatoms. The Kier molecular flexibility index (Phi) is 4.52. The van der Waals surface area contributed by atoms with E-state index < -0.39 is 16.6 Å². The van der Waals surface area contributed by atoms with Crippen LogP contribution in [0.1, 0.15) is 22.1 Å². The van der Waals surface area contributed by atoms with Gasteiger partial charge in [-0.1, -0.05) is 23.7 Å². The second-order valence-corrected chi connectivity index (χ2v) is 6.00. The van der Waals surface area contributed by atoms with Crippen LogP contribution in [-0.2, 0) is 7.05 Å². The number of carbonyl (C=O) groups is 1. The van der Waals surface area contributed by atoms with Gasteiger partial charge in [-0.15, -0.1) is 0 Å². The van der Waals surface area contributed by atoms with Gasteiger partial charge < -0.3 is 10.3 Å². The number of Topliss-reactive ketones (excluding diaryl/α,β-unsaturated/α-hetero) is 1. The molecular formula is C17H15ClN4O3. The summed E-state index contributed by atoms with van der Waals surface area (Å²) in [6.07, 6.45) is 0. The van der Waals surface area contributed by atoms with Crippen molar-refractivity contribution in [3.8, 4) is 0 Å². The van der Waals surface area contributed by atoms with Crippen molar-refractivity contribution in [2.45, 2.75) is 5.92 Å².